The second-order valence-electron chi connectivity index (χ2n) is 6.94. The molecule has 0 aromatic heterocycles. The van der Waals surface area contributed by atoms with Crippen molar-refractivity contribution in [2.45, 2.75) is 111 Å². The van der Waals surface area contributed by atoms with Gasteiger partial charge in [-0.25, -0.2) is 14.5 Å². The number of halogens is 1. The lowest BCUT2D eigenvalue weighted by atomic mass is 10.0. The first-order valence-electron chi connectivity index (χ1n) is 9.97. The molecule has 3 nitrogen and oxygen atoms in total. The predicted octanol–water partition coefficient (Wildman–Crippen LogP) is 1.45. The molecule has 0 saturated carbocycles. The van der Waals surface area contributed by atoms with Crippen LogP contribution in [0.2, 0.25) is 0 Å². The summed E-state index contributed by atoms with van der Waals surface area (Å²) in [4.78, 5) is 23.1. The summed E-state index contributed by atoms with van der Waals surface area (Å²) in [5.41, 5.74) is 0. The number of hydrogen-bond acceptors (Lipinski definition) is 2. The number of rotatable bonds is 15. The van der Waals surface area contributed by atoms with Gasteiger partial charge >= 0.3 is 11.8 Å². The number of nitrogens with one attached hydrogen (secondary N) is 1. The van der Waals surface area contributed by atoms with E-state index in [4.69, 9.17) is 0 Å². The zero-order chi connectivity index (χ0) is 17.3. The molecule has 4 heteroatoms. The molecule has 0 saturated heterocycles. The third-order valence-corrected chi connectivity index (χ3v) is 4.63. The molecule has 0 bridgehead atoms. The Labute approximate surface area is 160 Å². The van der Waals surface area contributed by atoms with Crippen LogP contribution < -0.4 is 21.9 Å². The van der Waals surface area contributed by atoms with Crippen molar-refractivity contribution in [1.29, 1.82) is 0 Å². The standard InChI is InChI=1S/C20H39NO2.BrH/c1-4-5-6-7-8-9-10-11-12-13-14-15-16-17-18-21(19(2)22)20(3)23;/h4-18H2,1-3H3;1H. The zero-order valence-electron chi connectivity index (χ0n) is 16.3. The Morgan fingerprint density at radius 2 is 0.875 bits per heavy atom. The summed E-state index contributed by atoms with van der Waals surface area (Å²) in [6.45, 7) is 5.94. The Hall–Kier alpha value is -0.220. The number of hydrogen-bond donors (Lipinski definition) is 1. The first-order chi connectivity index (χ1) is 11.1. The summed E-state index contributed by atoms with van der Waals surface area (Å²) in [5.74, 6) is -0.0978. The van der Waals surface area contributed by atoms with Gasteiger partial charge in [0.1, 0.15) is 0 Å². The molecule has 0 aromatic carbocycles. The van der Waals surface area contributed by atoms with Gasteiger partial charge in [0.15, 0.2) is 0 Å². The molecule has 0 fully saturated rings. The second-order valence-corrected chi connectivity index (χ2v) is 6.94. The van der Waals surface area contributed by atoms with E-state index in [0.717, 1.165) is 12.8 Å². The Bertz CT molecular complexity index is 294. The Morgan fingerprint density at radius 1 is 0.583 bits per heavy atom. The van der Waals surface area contributed by atoms with Gasteiger partial charge in [-0.3, -0.25) is 0 Å². The molecule has 0 radical (unpaired) electrons. The highest BCUT2D eigenvalue weighted by Gasteiger charge is 2.18. The minimum absolute atomic E-state index is 0. The molecule has 0 heterocycles. The highest BCUT2D eigenvalue weighted by Crippen LogP contribution is 2.12. The van der Waals surface area contributed by atoms with E-state index in [9.17, 15) is 9.59 Å². The van der Waals surface area contributed by atoms with Gasteiger partial charge in [0.2, 0.25) is 0 Å². The molecule has 0 spiro atoms. The van der Waals surface area contributed by atoms with Gasteiger partial charge in [-0.15, -0.1) is 0 Å². The lowest BCUT2D eigenvalue weighted by Crippen LogP contribution is -3.16. The fourth-order valence-corrected chi connectivity index (χ4v) is 3.10. The smallest absolute Gasteiger partial charge is 0.316 e. The number of unbranched alkanes of at least 4 members (excludes halogenated alkanes) is 13. The molecule has 0 aromatic rings. The van der Waals surface area contributed by atoms with E-state index in [1.807, 2.05) is 0 Å². The fourth-order valence-electron chi connectivity index (χ4n) is 3.10. The van der Waals surface area contributed by atoms with E-state index >= 15 is 0 Å². The van der Waals surface area contributed by atoms with Gasteiger partial charge in [0.25, 0.3) is 0 Å². The molecule has 24 heavy (non-hydrogen) atoms. The number of amides is 2. The van der Waals surface area contributed by atoms with Crippen LogP contribution in [0, 0.1) is 0 Å². The van der Waals surface area contributed by atoms with Gasteiger partial charge in [-0.2, -0.15) is 0 Å². The maximum absolute atomic E-state index is 11.3. The van der Waals surface area contributed by atoms with Gasteiger partial charge < -0.3 is 17.0 Å². The van der Waals surface area contributed by atoms with Crippen LogP contribution in [0.25, 0.3) is 0 Å². The molecule has 1 N–H and O–H groups in total. The topological polar surface area (TPSA) is 38.6 Å². The van der Waals surface area contributed by atoms with Gasteiger partial charge in [0, 0.05) is 0 Å². The van der Waals surface area contributed by atoms with Crippen LogP contribution in [0.5, 0.6) is 0 Å². The fraction of sp³-hybridized carbons (Fsp3) is 0.900. The van der Waals surface area contributed by atoms with Crippen LogP contribution in [0.1, 0.15) is 111 Å². The summed E-state index contributed by atoms with van der Waals surface area (Å²) in [6.07, 6.45) is 18.6. The average Bonchev–Trinajstić information content (AvgIpc) is 2.50. The quantitative estimate of drug-likeness (QED) is 0.418. The van der Waals surface area contributed by atoms with E-state index in [2.05, 4.69) is 6.92 Å². The number of imide groups is 1. The van der Waals surface area contributed by atoms with Crippen LogP contribution in [0.15, 0.2) is 0 Å². The monoisotopic (exact) mass is 405 g/mol. The van der Waals surface area contributed by atoms with Crippen molar-refractivity contribution in [3.05, 3.63) is 0 Å². The molecule has 0 rings (SSSR count). The molecule has 0 aliphatic heterocycles. The Kier molecular flexibility index (Phi) is 20.7. The van der Waals surface area contributed by atoms with Gasteiger partial charge in [-0.05, 0) is 12.8 Å². The zero-order valence-corrected chi connectivity index (χ0v) is 17.9. The molecular weight excluding hydrogens is 366 g/mol. The van der Waals surface area contributed by atoms with Crippen molar-refractivity contribution in [3.8, 4) is 0 Å². The van der Waals surface area contributed by atoms with Crippen LogP contribution >= 0.6 is 0 Å². The summed E-state index contributed by atoms with van der Waals surface area (Å²) in [5, 5.41) is 0. The van der Waals surface area contributed by atoms with Gasteiger partial charge in [0.05, 0.1) is 20.4 Å². The predicted molar refractivity (Wildman–Crippen MR) is 97.5 cm³/mol. The minimum Gasteiger partial charge on any atom is -1.00 e. The van der Waals surface area contributed by atoms with Crippen LogP contribution in [0.4, 0.5) is 0 Å². The average molecular weight is 406 g/mol. The summed E-state index contributed by atoms with van der Waals surface area (Å²) >= 11 is 0. The van der Waals surface area contributed by atoms with E-state index in [-0.39, 0.29) is 28.8 Å². The Morgan fingerprint density at radius 3 is 1.17 bits per heavy atom. The lowest BCUT2D eigenvalue weighted by molar-refractivity contribution is -0.737. The van der Waals surface area contributed by atoms with Crippen LogP contribution in [-0.2, 0) is 9.59 Å². The normalized spacial score (nSPS) is 10.7. The van der Waals surface area contributed by atoms with Crippen molar-refractivity contribution < 1.29 is 31.5 Å². The van der Waals surface area contributed by atoms with Crippen molar-refractivity contribution in [1.82, 2.24) is 0 Å². The second kappa shape index (κ2) is 19.1. The minimum atomic E-state index is -0.0489. The third kappa shape index (κ3) is 16.6. The highest BCUT2D eigenvalue weighted by atomic mass is 79.9. The summed E-state index contributed by atoms with van der Waals surface area (Å²) in [7, 11) is 0. The van der Waals surface area contributed by atoms with Gasteiger partial charge in [-0.1, -0.05) is 84.0 Å². The van der Waals surface area contributed by atoms with E-state index in [1.54, 1.807) is 0 Å². The lowest BCUT2D eigenvalue weighted by Gasteiger charge is -2.10. The van der Waals surface area contributed by atoms with E-state index in [1.165, 1.54) is 90.9 Å². The summed E-state index contributed by atoms with van der Waals surface area (Å²) < 4.78 is 0. The maximum Gasteiger partial charge on any atom is 0.316 e. The maximum atomic E-state index is 11.3. The number of quaternary nitrogens is 1. The van der Waals surface area contributed by atoms with Crippen molar-refractivity contribution >= 4 is 11.8 Å². The first-order valence-corrected chi connectivity index (χ1v) is 9.97. The first kappa shape index (κ1) is 26.0. The van der Waals surface area contributed by atoms with Crippen LogP contribution in [0.3, 0.4) is 0 Å². The molecule has 144 valence electrons. The SMILES string of the molecule is CCCCCCCCCCCCCCCC[NH+](C(C)=O)C(C)=O.[Br-]. The molecule has 0 aliphatic carbocycles. The van der Waals surface area contributed by atoms with E-state index < -0.39 is 0 Å². The number of carbonyl (C=O) groups excluding carboxylic acids is 2. The van der Waals surface area contributed by atoms with Crippen LogP contribution in [-0.4, -0.2) is 18.4 Å². The molecule has 2 amide bonds. The highest BCUT2D eigenvalue weighted by molar-refractivity contribution is 5.77. The van der Waals surface area contributed by atoms with Crippen molar-refractivity contribution in [2.24, 2.45) is 0 Å². The third-order valence-electron chi connectivity index (χ3n) is 4.63. The molecular formula is C20H40BrNO2. The van der Waals surface area contributed by atoms with Crippen molar-refractivity contribution in [2.75, 3.05) is 6.54 Å². The molecule has 0 aliphatic rings. The van der Waals surface area contributed by atoms with Crippen molar-refractivity contribution in [3.63, 3.8) is 0 Å². The Balaban J connectivity index is 0. The molecule has 0 atom stereocenters. The summed E-state index contributed by atoms with van der Waals surface area (Å²) in [6, 6.07) is 0. The number of carbonyl (C=O) groups is 2. The molecule has 0 unspecified atom stereocenters. The largest absolute Gasteiger partial charge is 1.00 e. The van der Waals surface area contributed by atoms with E-state index in [0.29, 0.717) is 11.4 Å².